The molecule has 1 heterocycles. The summed E-state index contributed by atoms with van der Waals surface area (Å²) in [7, 11) is 0. The van der Waals surface area contributed by atoms with Crippen LogP contribution in [0.25, 0.3) is 0 Å². The summed E-state index contributed by atoms with van der Waals surface area (Å²) < 4.78 is 4.95. The lowest BCUT2D eigenvalue weighted by atomic mass is 10.2. The number of carbonyl (C=O) groups excluding carboxylic acids is 1. The smallest absolute Gasteiger partial charge is 0.354 e. The molecule has 12 heavy (non-hydrogen) atoms. The molecule has 3 heteroatoms. The van der Waals surface area contributed by atoms with Gasteiger partial charge in [-0.05, 0) is 18.9 Å². The molecule has 3 nitrogen and oxygen atoms in total. The van der Waals surface area contributed by atoms with Crippen LogP contribution in [0.5, 0.6) is 0 Å². The summed E-state index contributed by atoms with van der Waals surface area (Å²) in [6.45, 7) is 7.49. The molecule has 1 aliphatic rings. The summed E-state index contributed by atoms with van der Waals surface area (Å²) in [5.74, 6) is -0.287. The number of hydrogen-bond acceptors (Lipinski definition) is 3. The molecule has 0 fully saturated rings. The molecule has 0 saturated carbocycles. The summed E-state index contributed by atoms with van der Waals surface area (Å²) in [4.78, 5) is 15.2. The van der Waals surface area contributed by atoms with Gasteiger partial charge in [0.2, 0.25) is 6.23 Å². The lowest BCUT2D eigenvalue weighted by molar-refractivity contribution is -0.136. The fraction of sp³-hybridized carbons (Fsp3) is 0.556. The first-order valence-corrected chi connectivity index (χ1v) is 4.08. The molecule has 0 amide bonds. The molecule has 0 aromatic carbocycles. The molecular weight excluding hydrogens is 154 g/mol. The Bertz CT molecular complexity index is 243. The van der Waals surface area contributed by atoms with Crippen LogP contribution in [-0.2, 0) is 9.53 Å². The van der Waals surface area contributed by atoms with E-state index in [1.807, 2.05) is 6.92 Å². The normalized spacial score (nSPS) is 22.0. The molecule has 1 unspecified atom stereocenters. The fourth-order valence-corrected chi connectivity index (χ4v) is 1.00. The highest BCUT2D eigenvalue weighted by molar-refractivity contribution is 6.37. The Labute approximate surface area is 72.1 Å². The van der Waals surface area contributed by atoms with Crippen LogP contribution < -0.4 is 0 Å². The van der Waals surface area contributed by atoms with Gasteiger partial charge in [-0.1, -0.05) is 19.9 Å². The van der Waals surface area contributed by atoms with E-state index in [2.05, 4.69) is 11.6 Å². The van der Waals surface area contributed by atoms with E-state index in [4.69, 9.17) is 4.74 Å². The zero-order valence-electron chi connectivity index (χ0n) is 7.46. The zero-order chi connectivity index (χ0) is 9.14. The van der Waals surface area contributed by atoms with E-state index in [1.165, 1.54) is 0 Å². The summed E-state index contributed by atoms with van der Waals surface area (Å²) in [6.07, 6.45) is 1.18. The Kier molecular flexibility index (Phi) is 2.63. The number of hydrogen-bond donors (Lipinski definition) is 0. The van der Waals surface area contributed by atoms with Crippen LogP contribution in [0.4, 0.5) is 0 Å². The third kappa shape index (κ3) is 1.72. The van der Waals surface area contributed by atoms with Crippen LogP contribution in [0.3, 0.4) is 0 Å². The van der Waals surface area contributed by atoms with Crippen LogP contribution >= 0.6 is 0 Å². The Balaban J connectivity index is 2.67. The first-order valence-electron chi connectivity index (χ1n) is 4.08. The van der Waals surface area contributed by atoms with E-state index in [0.29, 0.717) is 12.1 Å². The van der Waals surface area contributed by atoms with Gasteiger partial charge in [0.1, 0.15) is 5.71 Å². The lowest BCUT2D eigenvalue weighted by Gasteiger charge is -2.03. The van der Waals surface area contributed by atoms with Gasteiger partial charge < -0.3 is 4.74 Å². The second-order valence-corrected chi connectivity index (χ2v) is 2.93. The van der Waals surface area contributed by atoms with Crippen molar-refractivity contribution in [3.05, 3.63) is 12.2 Å². The van der Waals surface area contributed by atoms with Crippen molar-refractivity contribution in [1.29, 1.82) is 0 Å². The quantitative estimate of drug-likeness (QED) is 0.474. The third-order valence-corrected chi connectivity index (χ3v) is 1.64. The molecule has 0 spiro atoms. The highest BCUT2D eigenvalue weighted by atomic mass is 16.6. The molecule has 0 aliphatic carbocycles. The second-order valence-electron chi connectivity index (χ2n) is 2.93. The van der Waals surface area contributed by atoms with Crippen LogP contribution in [-0.4, -0.2) is 17.9 Å². The average molecular weight is 167 g/mol. The molecule has 0 N–H and O–H groups in total. The van der Waals surface area contributed by atoms with E-state index < -0.39 is 6.23 Å². The first-order chi connectivity index (χ1) is 5.65. The SMILES string of the molecule is C=C(C)C1N=C(CCC)C(=O)O1. The van der Waals surface area contributed by atoms with Crippen LogP contribution in [0.1, 0.15) is 26.7 Å². The topological polar surface area (TPSA) is 38.7 Å². The second kappa shape index (κ2) is 3.52. The average Bonchev–Trinajstić information content (AvgIpc) is 2.34. The van der Waals surface area contributed by atoms with Crippen molar-refractivity contribution in [2.45, 2.75) is 32.9 Å². The van der Waals surface area contributed by atoms with Gasteiger partial charge in [-0.3, -0.25) is 0 Å². The Hall–Kier alpha value is -1.12. The summed E-state index contributed by atoms with van der Waals surface area (Å²) in [5.41, 5.74) is 1.32. The molecule has 0 bridgehead atoms. The zero-order valence-corrected chi connectivity index (χ0v) is 7.46. The Morgan fingerprint density at radius 1 is 1.75 bits per heavy atom. The minimum atomic E-state index is -0.431. The van der Waals surface area contributed by atoms with E-state index in [-0.39, 0.29) is 5.97 Å². The highest BCUT2D eigenvalue weighted by Gasteiger charge is 2.26. The van der Waals surface area contributed by atoms with Crippen molar-refractivity contribution in [3.8, 4) is 0 Å². The van der Waals surface area contributed by atoms with Gasteiger partial charge in [-0.15, -0.1) is 0 Å². The van der Waals surface area contributed by atoms with Gasteiger partial charge in [-0.25, -0.2) is 9.79 Å². The molecule has 0 aromatic rings. The number of carbonyl (C=O) groups is 1. The predicted octanol–water partition coefficient (Wildman–Crippen LogP) is 1.69. The monoisotopic (exact) mass is 167 g/mol. The maximum atomic E-state index is 11.1. The van der Waals surface area contributed by atoms with Gasteiger partial charge in [-0.2, -0.15) is 0 Å². The van der Waals surface area contributed by atoms with Crippen molar-refractivity contribution in [2.24, 2.45) is 4.99 Å². The van der Waals surface area contributed by atoms with Crippen molar-refractivity contribution < 1.29 is 9.53 Å². The van der Waals surface area contributed by atoms with E-state index in [1.54, 1.807) is 6.92 Å². The van der Waals surface area contributed by atoms with E-state index in [9.17, 15) is 4.79 Å². The minimum Gasteiger partial charge on any atom is -0.431 e. The summed E-state index contributed by atoms with van der Waals surface area (Å²) >= 11 is 0. The minimum absolute atomic E-state index is 0.287. The Morgan fingerprint density at radius 2 is 2.42 bits per heavy atom. The van der Waals surface area contributed by atoms with Gasteiger partial charge >= 0.3 is 5.97 Å². The molecule has 1 atom stereocenters. The fourth-order valence-electron chi connectivity index (χ4n) is 1.00. The standard InChI is InChI=1S/C9H13NO2/c1-4-5-7-9(11)12-8(10-7)6(2)3/h8H,2,4-5H2,1,3H3. The van der Waals surface area contributed by atoms with Gasteiger partial charge in [0.25, 0.3) is 0 Å². The number of aliphatic imine (C=N–C) groups is 1. The number of cyclic esters (lactones) is 1. The van der Waals surface area contributed by atoms with E-state index in [0.717, 1.165) is 12.0 Å². The highest BCUT2D eigenvalue weighted by Crippen LogP contribution is 2.15. The number of rotatable bonds is 3. The van der Waals surface area contributed by atoms with Crippen molar-refractivity contribution in [3.63, 3.8) is 0 Å². The van der Waals surface area contributed by atoms with Crippen LogP contribution in [0.2, 0.25) is 0 Å². The van der Waals surface area contributed by atoms with Crippen molar-refractivity contribution in [2.75, 3.05) is 0 Å². The van der Waals surface area contributed by atoms with E-state index >= 15 is 0 Å². The predicted molar refractivity (Wildman–Crippen MR) is 47.0 cm³/mol. The van der Waals surface area contributed by atoms with Crippen LogP contribution in [0.15, 0.2) is 17.1 Å². The summed E-state index contributed by atoms with van der Waals surface area (Å²) in [6, 6.07) is 0. The first kappa shape index (κ1) is 8.97. The van der Waals surface area contributed by atoms with Gasteiger partial charge in [0.15, 0.2) is 0 Å². The molecule has 66 valence electrons. The third-order valence-electron chi connectivity index (χ3n) is 1.64. The van der Waals surface area contributed by atoms with Crippen molar-refractivity contribution >= 4 is 11.7 Å². The molecule has 0 saturated heterocycles. The molecular formula is C9H13NO2. The number of esters is 1. The maximum Gasteiger partial charge on any atom is 0.354 e. The largest absolute Gasteiger partial charge is 0.431 e. The van der Waals surface area contributed by atoms with Gasteiger partial charge in [0, 0.05) is 0 Å². The summed E-state index contributed by atoms with van der Waals surface area (Å²) in [5, 5.41) is 0. The Morgan fingerprint density at radius 3 is 2.83 bits per heavy atom. The van der Waals surface area contributed by atoms with Gasteiger partial charge in [0.05, 0.1) is 0 Å². The van der Waals surface area contributed by atoms with Crippen molar-refractivity contribution in [1.82, 2.24) is 0 Å². The lowest BCUT2D eigenvalue weighted by Crippen LogP contribution is -2.12. The number of ether oxygens (including phenoxy) is 1. The molecule has 0 aromatic heterocycles. The molecule has 1 rings (SSSR count). The molecule has 1 aliphatic heterocycles. The maximum absolute atomic E-state index is 11.1. The number of nitrogens with zero attached hydrogens (tertiary/aromatic N) is 1. The molecule has 0 radical (unpaired) electrons. The van der Waals surface area contributed by atoms with Crippen LogP contribution in [0, 0.1) is 0 Å².